The van der Waals surface area contributed by atoms with Crippen molar-refractivity contribution in [3.05, 3.63) is 59.2 Å². The summed E-state index contributed by atoms with van der Waals surface area (Å²) in [5, 5.41) is 5.53. The number of hydrogen-bond donors (Lipinski definition) is 2. The zero-order valence-electron chi connectivity index (χ0n) is 19.3. The van der Waals surface area contributed by atoms with Gasteiger partial charge in [0.2, 0.25) is 0 Å². The highest BCUT2D eigenvalue weighted by atomic mass is 16.5. The second-order valence-electron chi connectivity index (χ2n) is 8.43. The van der Waals surface area contributed by atoms with E-state index in [4.69, 9.17) is 9.47 Å². The molecule has 8 nitrogen and oxygen atoms in total. The van der Waals surface area contributed by atoms with Gasteiger partial charge >= 0.3 is 11.8 Å². The maximum Gasteiger partial charge on any atom is 0.309 e. The molecule has 2 aliphatic heterocycles. The molecule has 0 bridgehead atoms. The molecule has 33 heavy (non-hydrogen) atoms. The topological polar surface area (TPSA) is 83.1 Å². The van der Waals surface area contributed by atoms with Crippen LogP contribution in [0.5, 0.6) is 5.75 Å². The molecule has 2 aromatic rings. The molecule has 0 aromatic heterocycles. The first-order chi connectivity index (χ1) is 16.1. The molecule has 176 valence electrons. The van der Waals surface area contributed by atoms with Gasteiger partial charge in [0.05, 0.1) is 26.4 Å². The third-order valence-electron chi connectivity index (χ3n) is 6.40. The lowest BCUT2D eigenvalue weighted by Gasteiger charge is -2.35. The minimum absolute atomic E-state index is 0.0175. The molecule has 0 aliphatic carbocycles. The highest BCUT2D eigenvalue weighted by Crippen LogP contribution is 2.31. The summed E-state index contributed by atoms with van der Waals surface area (Å²) in [6.45, 7) is 4.51. The summed E-state index contributed by atoms with van der Waals surface area (Å²) in [4.78, 5) is 29.6. The van der Waals surface area contributed by atoms with E-state index < -0.39 is 11.8 Å². The number of rotatable bonds is 7. The van der Waals surface area contributed by atoms with Gasteiger partial charge in [-0.1, -0.05) is 30.3 Å². The normalized spacial score (nSPS) is 16.7. The summed E-state index contributed by atoms with van der Waals surface area (Å²) in [7, 11) is 3.69. The SMILES string of the molecule is COc1ccccc1CNC(=O)C(=O)NC[C@H](c1ccc2c(c1)CCN2C)N1CCOCC1. The Bertz CT molecular complexity index is 990. The number of methoxy groups -OCH3 is 1. The second-order valence-corrected chi connectivity index (χ2v) is 8.43. The fraction of sp³-hybridized carbons (Fsp3) is 0.440. The van der Waals surface area contributed by atoms with E-state index in [1.165, 1.54) is 11.3 Å². The molecule has 2 N–H and O–H groups in total. The van der Waals surface area contributed by atoms with E-state index in [9.17, 15) is 9.59 Å². The highest BCUT2D eigenvalue weighted by molar-refractivity contribution is 6.35. The second kappa shape index (κ2) is 10.7. The number of para-hydroxylation sites is 1. The first kappa shape index (κ1) is 23.1. The monoisotopic (exact) mass is 452 g/mol. The molecule has 8 heteroatoms. The summed E-state index contributed by atoms with van der Waals surface area (Å²) in [5.41, 5.74) is 4.56. The molecule has 0 saturated carbocycles. The van der Waals surface area contributed by atoms with Crippen LogP contribution in [0.4, 0.5) is 5.69 Å². The van der Waals surface area contributed by atoms with Crippen molar-refractivity contribution < 1.29 is 19.1 Å². The number of anilines is 1. The highest BCUT2D eigenvalue weighted by Gasteiger charge is 2.26. The maximum atomic E-state index is 12.6. The van der Waals surface area contributed by atoms with Crippen molar-refractivity contribution in [3.8, 4) is 5.75 Å². The van der Waals surface area contributed by atoms with E-state index >= 15 is 0 Å². The summed E-state index contributed by atoms with van der Waals surface area (Å²) in [6, 6.07) is 13.9. The average molecular weight is 453 g/mol. The molecule has 2 heterocycles. The first-order valence-electron chi connectivity index (χ1n) is 11.4. The van der Waals surface area contributed by atoms with E-state index in [0.717, 1.165) is 37.2 Å². The number of morpholine rings is 1. The van der Waals surface area contributed by atoms with Gasteiger partial charge in [0, 0.05) is 51.0 Å². The number of hydrogen-bond acceptors (Lipinski definition) is 6. The number of carbonyl (C=O) groups is 2. The van der Waals surface area contributed by atoms with E-state index in [2.05, 4.69) is 45.7 Å². The Balaban J connectivity index is 1.40. The average Bonchev–Trinajstić information content (AvgIpc) is 3.23. The largest absolute Gasteiger partial charge is 0.496 e. The fourth-order valence-corrected chi connectivity index (χ4v) is 4.52. The number of likely N-dealkylation sites (N-methyl/N-ethyl adjacent to an activating group) is 1. The van der Waals surface area contributed by atoms with E-state index in [1.54, 1.807) is 7.11 Å². The Labute approximate surface area is 194 Å². The lowest BCUT2D eigenvalue weighted by molar-refractivity contribution is -0.139. The molecular formula is C25H32N4O4. The van der Waals surface area contributed by atoms with Crippen LogP contribution in [0.3, 0.4) is 0 Å². The summed E-state index contributed by atoms with van der Waals surface area (Å²) < 4.78 is 10.8. The third-order valence-corrected chi connectivity index (χ3v) is 6.40. The van der Waals surface area contributed by atoms with Crippen molar-refractivity contribution in [1.29, 1.82) is 0 Å². The van der Waals surface area contributed by atoms with Crippen LogP contribution in [0.1, 0.15) is 22.7 Å². The van der Waals surface area contributed by atoms with Gasteiger partial charge in [-0.05, 0) is 29.7 Å². The number of carbonyl (C=O) groups excluding carboxylic acids is 2. The van der Waals surface area contributed by atoms with Crippen LogP contribution < -0.4 is 20.3 Å². The predicted octanol–water partition coefficient (Wildman–Crippen LogP) is 1.49. The number of nitrogens with zero attached hydrogens (tertiary/aromatic N) is 2. The summed E-state index contributed by atoms with van der Waals surface area (Å²) in [6.07, 6.45) is 1.02. The molecule has 2 aromatic carbocycles. The maximum absolute atomic E-state index is 12.6. The van der Waals surface area contributed by atoms with E-state index in [0.29, 0.717) is 25.5 Å². The van der Waals surface area contributed by atoms with Gasteiger partial charge in [0.15, 0.2) is 0 Å². The molecule has 4 rings (SSSR count). The first-order valence-corrected chi connectivity index (χ1v) is 11.4. The Morgan fingerprint density at radius 3 is 2.61 bits per heavy atom. The Kier molecular flexibility index (Phi) is 7.47. The zero-order chi connectivity index (χ0) is 23.2. The standard InChI is InChI=1S/C25H32N4O4/c1-28-10-9-19-15-18(7-8-21(19)28)22(29-11-13-33-14-12-29)17-27-25(31)24(30)26-16-20-5-3-4-6-23(20)32-2/h3-8,15,22H,9-14,16-17H2,1-2H3,(H,26,30)(H,27,31)/t22-/m1/s1. The zero-order valence-corrected chi connectivity index (χ0v) is 19.3. The van der Waals surface area contributed by atoms with Crippen LogP contribution in [0, 0.1) is 0 Å². The summed E-state index contributed by atoms with van der Waals surface area (Å²) in [5.74, 6) is -0.617. The van der Waals surface area contributed by atoms with Crippen molar-refractivity contribution in [3.63, 3.8) is 0 Å². The Morgan fingerprint density at radius 2 is 1.82 bits per heavy atom. The van der Waals surface area contributed by atoms with Crippen LogP contribution in [0.25, 0.3) is 0 Å². The van der Waals surface area contributed by atoms with E-state index in [1.807, 2.05) is 24.3 Å². The van der Waals surface area contributed by atoms with Crippen LogP contribution in [0.2, 0.25) is 0 Å². The van der Waals surface area contributed by atoms with Gasteiger partial charge in [0.1, 0.15) is 5.75 Å². The van der Waals surface area contributed by atoms with Crippen LogP contribution in [0.15, 0.2) is 42.5 Å². The minimum atomic E-state index is -0.655. The smallest absolute Gasteiger partial charge is 0.309 e. The van der Waals surface area contributed by atoms with E-state index in [-0.39, 0.29) is 12.6 Å². The van der Waals surface area contributed by atoms with Gasteiger partial charge in [-0.25, -0.2) is 0 Å². The predicted molar refractivity (Wildman–Crippen MR) is 126 cm³/mol. The summed E-state index contributed by atoms with van der Waals surface area (Å²) >= 11 is 0. The van der Waals surface area contributed by atoms with Gasteiger partial charge in [-0.3, -0.25) is 14.5 Å². The van der Waals surface area contributed by atoms with Gasteiger partial charge < -0.3 is 25.0 Å². The lowest BCUT2D eigenvalue weighted by atomic mass is 10.0. The third kappa shape index (κ3) is 5.46. The fourth-order valence-electron chi connectivity index (χ4n) is 4.52. The molecule has 1 fully saturated rings. The molecule has 0 spiro atoms. The van der Waals surface area contributed by atoms with Gasteiger partial charge in [-0.2, -0.15) is 0 Å². The molecule has 2 aliphatic rings. The Hall–Kier alpha value is -3.10. The van der Waals surface area contributed by atoms with Gasteiger partial charge in [-0.15, -0.1) is 0 Å². The van der Waals surface area contributed by atoms with Gasteiger partial charge in [0.25, 0.3) is 0 Å². The molecule has 0 radical (unpaired) electrons. The minimum Gasteiger partial charge on any atom is -0.496 e. The molecule has 1 atom stereocenters. The number of fused-ring (bicyclic) bond motifs is 1. The molecule has 0 unspecified atom stereocenters. The molecular weight excluding hydrogens is 420 g/mol. The van der Waals surface area contributed by atoms with Crippen molar-refractivity contribution in [2.24, 2.45) is 0 Å². The lowest BCUT2D eigenvalue weighted by Crippen LogP contribution is -2.46. The molecule has 2 amide bonds. The number of amides is 2. The van der Waals surface area contributed by atoms with Crippen molar-refractivity contribution >= 4 is 17.5 Å². The van der Waals surface area contributed by atoms with Crippen molar-refractivity contribution in [2.75, 3.05) is 58.5 Å². The number of benzene rings is 2. The number of ether oxygens (including phenoxy) is 2. The number of nitrogens with one attached hydrogen (secondary N) is 2. The van der Waals surface area contributed by atoms with Crippen LogP contribution in [-0.2, 0) is 27.3 Å². The van der Waals surface area contributed by atoms with Crippen molar-refractivity contribution in [2.45, 2.75) is 19.0 Å². The van der Waals surface area contributed by atoms with Crippen LogP contribution >= 0.6 is 0 Å². The quantitative estimate of drug-likeness (QED) is 0.620. The van der Waals surface area contributed by atoms with Crippen LogP contribution in [-0.4, -0.2) is 70.3 Å². The molecule has 1 saturated heterocycles. The van der Waals surface area contributed by atoms with Crippen molar-refractivity contribution in [1.82, 2.24) is 15.5 Å². The Morgan fingerprint density at radius 1 is 1.06 bits per heavy atom.